The van der Waals surface area contributed by atoms with Crippen LogP contribution in [0.1, 0.15) is 11.7 Å². The van der Waals surface area contributed by atoms with Gasteiger partial charge in [-0.2, -0.15) is 0 Å². The molecular weight excluding hydrogens is 210 g/mol. The first-order valence-electron chi connectivity index (χ1n) is 5.05. The Kier molecular flexibility index (Phi) is 5.04. The number of methoxy groups -OCH3 is 1. The van der Waals surface area contributed by atoms with E-state index in [4.69, 9.17) is 9.84 Å². The second kappa shape index (κ2) is 6.32. The Balaban J connectivity index is 2.64. The maximum absolute atomic E-state index is 9.78. The van der Waals surface area contributed by atoms with Crippen LogP contribution in [0.5, 0.6) is 11.5 Å². The molecule has 0 bridgehead atoms. The zero-order valence-electron chi connectivity index (χ0n) is 9.18. The van der Waals surface area contributed by atoms with Gasteiger partial charge >= 0.3 is 0 Å². The lowest BCUT2D eigenvalue weighted by atomic mass is 10.1. The smallest absolute Gasteiger partial charge is 0.160 e. The molecule has 4 N–H and O–H groups in total. The molecule has 0 fully saturated rings. The second-order valence-corrected chi connectivity index (χ2v) is 3.37. The van der Waals surface area contributed by atoms with Gasteiger partial charge in [0.05, 0.1) is 19.8 Å². The van der Waals surface area contributed by atoms with Crippen molar-refractivity contribution in [3.63, 3.8) is 0 Å². The number of phenolic OH excluding ortho intramolecular Hbond substituents is 1. The molecule has 1 aromatic rings. The summed E-state index contributed by atoms with van der Waals surface area (Å²) < 4.78 is 4.94. The Bertz CT molecular complexity index is 330. The lowest BCUT2D eigenvalue weighted by Crippen LogP contribution is -2.24. The first kappa shape index (κ1) is 12.8. The molecule has 90 valence electrons. The predicted octanol–water partition coefficient (Wildman–Crippen LogP) is 0.0161. The van der Waals surface area contributed by atoms with Crippen molar-refractivity contribution in [2.24, 2.45) is 0 Å². The van der Waals surface area contributed by atoms with Gasteiger partial charge in [0.15, 0.2) is 11.5 Å². The van der Waals surface area contributed by atoms with E-state index in [2.05, 4.69) is 5.32 Å². The number of nitrogens with one attached hydrogen (secondary N) is 1. The molecule has 0 aliphatic carbocycles. The third-order valence-electron chi connectivity index (χ3n) is 2.21. The Hall–Kier alpha value is -1.30. The number of phenols is 1. The van der Waals surface area contributed by atoms with Crippen molar-refractivity contribution in [1.82, 2.24) is 5.32 Å². The Morgan fingerprint density at radius 1 is 1.44 bits per heavy atom. The number of aliphatic hydroxyl groups excluding tert-OH is 2. The molecule has 0 saturated carbocycles. The van der Waals surface area contributed by atoms with Gasteiger partial charge < -0.3 is 25.4 Å². The number of aromatic hydroxyl groups is 1. The van der Waals surface area contributed by atoms with E-state index < -0.39 is 6.10 Å². The summed E-state index contributed by atoms with van der Waals surface area (Å²) in [7, 11) is 1.45. The summed E-state index contributed by atoms with van der Waals surface area (Å²) in [5.74, 6) is 0.375. The molecular formula is C11H17NO4. The minimum absolute atomic E-state index is 0.0334. The van der Waals surface area contributed by atoms with E-state index in [1.807, 2.05) is 0 Å². The highest BCUT2D eigenvalue weighted by Crippen LogP contribution is 2.28. The van der Waals surface area contributed by atoms with Crippen LogP contribution in [0.4, 0.5) is 0 Å². The number of hydrogen-bond acceptors (Lipinski definition) is 5. The van der Waals surface area contributed by atoms with Gasteiger partial charge in [-0.15, -0.1) is 0 Å². The van der Waals surface area contributed by atoms with E-state index in [-0.39, 0.29) is 12.4 Å². The Labute approximate surface area is 94.3 Å². The molecule has 0 spiro atoms. The van der Waals surface area contributed by atoms with Crippen molar-refractivity contribution in [3.8, 4) is 11.5 Å². The number of ether oxygens (including phenoxy) is 1. The average molecular weight is 227 g/mol. The maximum Gasteiger partial charge on any atom is 0.160 e. The van der Waals surface area contributed by atoms with Gasteiger partial charge in [-0.05, 0) is 17.7 Å². The van der Waals surface area contributed by atoms with Crippen LogP contribution >= 0.6 is 0 Å². The van der Waals surface area contributed by atoms with E-state index in [0.29, 0.717) is 24.4 Å². The van der Waals surface area contributed by atoms with Crippen LogP contribution in [0.2, 0.25) is 0 Å². The minimum atomic E-state index is -0.693. The molecule has 0 radical (unpaired) electrons. The zero-order valence-corrected chi connectivity index (χ0v) is 9.18. The normalized spacial score (nSPS) is 12.4. The minimum Gasteiger partial charge on any atom is -0.504 e. The van der Waals surface area contributed by atoms with Crippen molar-refractivity contribution in [2.45, 2.75) is 6.10 Å². The number of aliphatic hydroxyl groups is 2. The third kappa shape index (κ3) is 3.37. The van der Waals surface area contributed by atoms with Crippen LogP contribution in [0.25, 0.3) is 0 Å². The number of rotatable bonds is 6. The van der Waals surface area contributed by atoms with Crippen molar-refractivity contribution < 1.29 is 20.1 Å². The van der Waals surface area contributed by atoms with Crippen molar-refractivity contribution in [3.05, 3.63) is 23.8 Å². The molecule has 16 heavy (non-hydrogen) atoms. The number of hydrogen-bond donors (Lipinski definition) is 4. The fourth-order valence-corrected chi connectivity index (χ4v) is 1.34. The van der Waals surface area contributed by atoms with Crippen LogP contribution in [-0.4, -0.2) is 42.1 Å². The number of benzene rings is 1. The fourth-order valence-electron chi connectivity index (χ4n) is 1.34. The van der Waals surface area contributed by atoms with Crippen LogP contribution in [0, 0.1) is 0 Å². The molecule has 0 aliphatic rings. The molecule has 5 heteroatoms. The van der Waals surface area contributed by atoms with Crippen molar-refractivity contribution in [1.29, 1.82) is 0 Å². The lowest BCUT2D eigenvalue weighted by Gasteiger charge is -2.13. The summed E-state index contributed by atoms with van der Waals surface area (Å²) in [5, 5.41) is 30.6. The standard InChI is InChI=1S/C11H17NO4/c1-16-11-6-8(2-3-9(11)14)10(15)7-12-4-5-13/h2-3,6,10,12-15H,4-5,7H2,1H3. The Morgan fingerprint density at radius 3 is 2.81 bits per heavy atom. The molecule has 0 heterocycles. The van der Waals surface area contributed by atoms with Crippen LogP contribution < -0.4 is 10.1 Å². The molecule has 5 nitrogen and oxygen atoms in total. The van der Waals surface area contributed by atoms with Crippen LogP contribution in [-0.2, 0) is 0 Å². The highest BCUT2D eigenvalue weighted by molar-refractivity contribution is 5.42. The van der Waals surface area contributed by atoms with E-state index in [1.165, 1.54) is 13.2 Å². The zero-order chi connectivity index (χ0) is 12.0. The largest absolute Gasteiger partial charge is 0.504 e. The summed E-state index contributed by atoms with van der Waals surface area (Å²) >= 11 is 0. The summed E-state index contributed by atoms with van der Waals surface area (Å²) in [5.41, 5.74) is 0.653. The summed E-state index contributed by atoms with van der Waals surface area (Å²) in [6.07, 6.45) is -0.693. The third-order valence-corrected chi connectivity index (χ3v) is 2.21. The molecule has 1 unspecified atom stereocenters. The van der Waals surface area contributed by atoms with Crippen LogP contribution in [0.3, 0.4) is 0 Å². The second-order valence-electron chi connectivity index (χ2n) is 3.37. The van der Waals surface area contributed by atoms with E-state index >= 15 is 0 Å². The lowest BCUT2D eigenvalue weighted by molar-refractivity contribution is 0.170. The monoisotopic (exact) mass is 227 g/mol. The first-order valence-corrected chi connectivity index (χ1v) is 5.05. The van der Waals surface area contributed by atoms with Gasteiger partial charge in [-0.3, -0.25) is 0 Å². The van der Waals surface area contributed by atoms with E-state index in [0.717, 1.165) is 0 Å². The van der Waals surface area contributed by atoms with E-state index in [9.17, 15) is 10.2 Å². The topological polar surface area (TPSA) is 82.0 Å². The molecule has 0 aromatic heterocycles. The summed E-state index contributed by atoms with van der Waals surface area (Å²) in [6, 6.07) is 4.69. The quantitative estimate of drug-likeness (QED) is 0.515. The van der Waals surface area contributed by atoms with Crippen LogP contribution in [0.15, 0.2) is 18.2 Å². The van der Waals surface area contributed by atoms with Gasteiger partial charge in [0.25, 0.3) is 0 Å². The molecule has 0 aliphatic heterocycles. The summed E-state index contributed by atoms with van der Waals surface area (Å²) in [4.78, 5) is 0. The van der Waals surface area contributed by atoms with Gasteiger partial charge in [-0.1, -0.05) is 6.07 Å². The van der Waals surface area contributed by atoms with Gasteiger partial charge in [0.1, 0.15) is 0 Å². The molecule has 1 aromatic carbocycles. The Morgan fingerprint density at radius 2 is 2.19 bits per heavy atom. The molecule has 1 atom stereocenters. The molecule has 0 amide bonds. The van der Waals surface area contributed by atoms with Crippen molar-refractivity contribution in [2.75, 3.05) is 26.8 Å². The SMILES string of the molecule is COc1cc(C(O)CNCCO)ccc1O. The average Bonchev–Trinajstić information content (AvgIpc) is 2.30. The fraction of sp³-hybridized carbons (Fsp3) is 0.455. The molecule has 0 saturated heterocycles. The molecule has 1 rings (SSSR count). The summed E-state index contributed by atoms with van der Waals surface area (Å²) in [6.45, 7) is 0.812. The predicted molar refractivity (Wildman–Crippen MR) is 59.6 cm³/mol. The maximum atomic E-state index is 9.78. The highest BCUT2D eigenvalue weighted by atomic mass is 16.5. The van der Waals surface area contributed by atoms with Gasteiger partial charge in [0.2, 0.25) is 0 Å². The van der Waals surface area contributed by atoms with Crippen molar-refractivity contribution >= 4 is 0 Å². The van der Waals surface area contributed by atoms with E-state index in [1.54, 1.807) is 12.1 Å². The highest BCUT2D eigenvalue weighted by Gasteiger charge is 2.10. The van der Waals surface area contributed by atoms with Gasteiger partial charge in [0, 0.05) is 13.1 Å². The first-order chi connectivity index (χ1) is 7.69. The van der Waals surface area contributed by atoms with Gasteiger partial charge in [-0.25, -0.2) is 0 Å².